The van der Waals surface area contributed by atoms with Gasteiger partial charge in [0, 0.05) is 5.56 Å². The summed E-state index contributed by atoms with van der Waals surface area (Å²) in [6, 6.07) is 18.4. The lowest BCUT2D eigenvalue weighted by Crippen LogP contribution is -2.13. The van der Waals surface area contributed by atoms with Crippen LogP contribution in [0.2, 0.25) is 15.1 Å². The highest BCUT2D eigenvalue weighted by Gasteiger charge is 2.16. The molecule has 1 heterocycles. The van der Waals surface area contributed by atoms with Gasteiger partial charge in [-0.3, -0.25) is 9.48 Å². The minimum Gasteiger partial charge on any atom is -0.487 e. The zero-order valence-corrected chi connectivity index (χ0v) is 21.8. The van der Waals surface area contributed by atoms with Crippen LogP contribution >= 0.6 is 34.8 Å². The Hall–Kier alpha value is -2.99. The molecule has 0 fully saturated rings. The molecule has 0 aliphatic rings. The van der Waals surface area contributed by atoms with E-state index in [9.17, 15) is 4.79 Å². The lowest BCUT2D eigenvalue weighted by Gasteiger charge is -2.10. The van der Waals surface area contributed by atoms with Gasteiger partial charge in [-0.25, -0.2) is 0 Å². The number of nitrogens with one attached hydrogen (secondary N) is 1. The van der Waals surface area contributed by atoms with Gasteiger partial charge in [0.25, 0.3) is 5.91 Å². The first-order valence-corrected chi connectivity index (χ1v) is 12.1. The summed E-state index contributed by atoms with van der Waals surface area (Å²) in [7, 11) is 0. The maximum absolute atomic E-state index is 12.9. The number of ether oxygens (including phenoxy) is 1. The summed E-state index contributed by atoms with van der Waals surface area (Å²) in [5.41, 5.74) is 5.78. The van der Waals surface area contributed by atoms with E-state index >= 15 is 0 Å². The number of hydrogen-bond acceptors (Lipinski definition) is 3. The summed E-state index contributed by atoms with van der Waals surface area (Å²) >= 11 is 18.3. The third-order valence-electron chi connectivity index (χ3n) is 5.63. The molecule has 0 atom stereocenters. The molecule has 0 saturated carbocycles. The smallest absolute Gasteiger partial charge is 0.255 e. The molecule has 180 valence electrons. The zero-order valence-electron chi connectivity index (χ0n) is 19.5. The Labute approximate surface area is 219 Å². The SMILES string of the molecule is Cc1ccc(Cl)c(OCc2ccc(C(=O)Nc3c(C)nn(Cc4ccc(Cl)c(Cl)c4)c3C)cc2)c1. The van der Waals surface area contributed by atoms with Crippen LogP contribution < -0.4 is 10.1 Å². The highest BCUT2D eigenvalue weighted by molar-refractivity contribution is 6.42. The molecule has 0 aliphatic carbocycles. The molecule has 8 heteroatoms. The normalized spacial score (nSPS) is 10.9. The predicted octanol–water partition coefficient (Wildman–Crippen LogP) is 7.65. The third-order valence-corrected chi connectivity index (χ3v) is 6.68. The van der Waals surface area contributed by atoms with Crippen LogP contribution in [0.4, 0.5) is 5.69 Å². The van der Waals surface area contributed by atoms with Crippen molar-refractivity contribution in [2.75, 3.05) is 5.32 Å². The quantitative estimate of drug-likeness (QED) is 0.268. The Morgan fingerprint density at radius 2 is 1.57 bits per heavy atom. The van der Waals surface area contributed by atoms with E-state index in [1.807, 2.05) is 67.9 Å². The number of nitrogens with zero attached hydrogens (tertiary/aromatic N) is 2. The molecule has 0 aliphatic heterocycles. The van der Waals surface area contributed by atoms with Gasteiger partial charge in [0.1, 0.15) is 12.4 Å². The third kappa shape index (κ3) is 5.99. The van der Waals surface area contributed by atoms with Crippen molar-refractivity contribution in [2.24, 2.45) is 0 Å². The van der Waals surface area contributed by atoms with Crippen molar-refractivity contribution in [3.8, 4) is 5.75 Å². The summed E-state index contributed by atoms with van der Waals surface area (Å²) < 4.78 is 7.67. The van der Waals surface area contributed by atoms with Crippen LogP contribution in [0.5, 0.6) is 5.75 Å². The average molecular weight is 529 g/mol. The monoisotopic (exact) mass is 527 g/mol. The molecule has 0 radical (unpaired) electrons. The van der Waals surface area contributed by atoms with Crippen LogP contribution in [0.3, 0.4) is 0 Å². The molecule has 1 amide bonds. The lowest BCUT2D eigenvalue weighted by atomic mass is 10.1. The van der Waals surface area contributed by atoms with Gasteiger partial charge in [-0.05, 0) is 73.9 Å². The second-order valence-electron chi connectivity index (χ2n) is 8.33. The van der Waals surface area contributed by atoms with E-state index in [0.29, 0.717) is 45.2 Å². The van der Waals surface area contributed by atoms with Crippen molar-refractivity contribution in [3.63, 3.8) is 0 Å². The van der Waals surface area contributed by atoms with E-state index in [2.05, 4.69) is 10.4 Å². The standard InChI is InChI=1S/C27H24Cl3N3O2/c1-16-4-10-23(29)25(12-16)35-15-19-5-8-21(9-6-19)27(34)31-26-17(2)32-33(18(26)3)14-20-7-11-22(28)24(30)13-20/h4-13H,14-15H2,1-3H3,(H,31,34). The highest BCUT2D eigenvalue weighted by Crippen LogP contribution is 2.27. The second-order valence-corrected chi connectivity index (χ2v) is 9.55. The Balaban J connectivity index is 1.42. The van der Waals surface area contributed by atoms with Crippen LogP contribution in [0, 0.1) is 20.8 Å². The van der Waals surface area contributed by atoms with E-state index in [0.717, 1.165) is 28.1 Å². The van der Waals surface area contributed by atoms with E-state index in [1.165, 1.54) is 0 Å². The van der Waals surface area contributed by atoms with Crippen LogP contribution in [0.25, 0.3) is 0 Å². The first-order chi connectivity index (χ1) is 16.7. The first kappa shape index (κ1) is 25.1. The van der Waals surface area contributed by atoms with E-state index < -0.39 is 0 Å². The van der Waals surface area contributed by atoms with Crippen molar-refractivity contribution in [3.05, 3.63) is 109 Å². The van der Waals surface area contributed by atoms with Crippen LogP contribution in [0.15, 0.2) is 60.7 Å². The number of anilines is 1. The molecule has 0 spiro atoms. The Kier molecular flexibility index (Phi) is 7.70. The Morgan fingerprint density at radius 1 is 0.886 bits per heavy atom. The van der Waals surface area contributed by atoms with E-state index in [-0.39, 0.29) is 5.91 Å². The number of halogens is 3. The van der Waals surface area contributed by atoms with Gasteiger partial charge in [-0.2, -0.15) is 5.10 Å². The van der Waals surface area contributed by atoms with Crippen LogP contribution in [0.1, 0.15) is 38.4 Å². The van der Waals surface area contributed by atoms with Gasteiger partial charge in [0.2, 0.25) is 0 Å². The molecule has 0 saturated heterocycles. The van der Waals surface area contributed by atoms with Crippen LogP contribution in [-0.4, -0.2) is 15.7 Å². The molecule has 1 aromatic heterocycles. The number of benzene rings is 3. The average Bonchev–Trinajstić information content (AvgIpc) is 3.09. The van der Waals surface area contributed by atoms with Gasteiger partial charge >= 0.3 is 0 Å². The number of carbonyl (C=O) groups is 1. The summed E-state index contributed by atoms with van der Waals surface area (Å²) in [5, 5.41) is 9.15. The number of rotatable bonds is 7. The molecular formula is C27H24Cl3N3O2. The number of aryl methyl sites for hydroxylation is 2. The number of aromatic nitrogens is 2. The molecule has 4 rings (SSSR count). The lowest BCUT2D eigenvalue weighted by molar-refractivity contribution is 0.102. The maximum Gasteiger partial charge on any atom is 0.255 e. The number of amides is 1. The largest absolute Gasteiger partial charge is 0.487 e. The summed E-state index contributed by atoms with van der Waals surface area (Å²) in [6.07, 6.45) is 0. The molecule has 4 aromatic rings. The maximum atomic E-state index is 12.9. The van der Waals surface area contributed by atoms with Gasteiger partial charge < -0.3 is 10.1 Å². The first-order valence-electron chi connectivity index (χ1n) is 11.0. The molecule has 5 nitrogen and oxygen atoms in total. The number of carbonyl (C=O) groups excluding carboxylic acids is 1. The van der Waals surface area contributed by atoms with Crippen molar-refractivity contribution >= 4 is 46.4 Å². The topological polar surface area (TPSA) is 56.1 Å². The fourth-order valence-corrected chi connectivity index (χ4v) is 4.16. The summed E-state index contributed by atoms with van der Waals surface area (Å²) in [4.78, 5) is 12.9. The van der Waals surface area contributed by atoms with Crippen molar-refractivity contribution in [2.45, 2.75) is 33.9 Å². The van der Waals surface area contributed by atoms with E-state index in [1.54, 1.807) is 18.2 Å². The van der Waals surface area contributed by atoms with Gasteiger partial charge in [0.15, 0.2) is 0 Å². The van der Waals surface area contributed by atoms with Gasteiger partial charge in [-0.1, -0.05) is 59.1 Å². The minimum absolute atomic E-state index is 0.209. The summed E-state index contributed by atoms with van der Waals surface area (Å²) in [6.45, 7) is 6.63. The van der Waals surface area contributed by atoms with Gasteiger partial charge in [0.05, 0.1) is 38.7 Å². The van der Waals surface area contributed by atoms with Crippen molar-refractivity contribution < 1.29 is 9.53 Å². The van der Waals surface area contributed by atoms with Gasteiger partial charge in [-0.15, -0.1) is 0 Å². The van der Waals surface area contributed by atoms with E-state index in [4.69, 9.17) is 39.5 Å². The molecule has 0 unspecified atom stereocenters. The Morgan fingerprint density at radius 3 is 2.29 bits per heavy atom. The molecule has 35 heavy (non-hydrogen) atoms. The molecular weight excluding hydrogens is 505 g/mol. The molecule has 3 aromatic carbocycles. The summed E-state index contributed by atoms with van der Waals surface area (Å²) in [5.74, 6) is 0.428. The fraction of sp³-hybridized carbons (Fsp3) is 0.185. The fourth-order valence-electron chi connectivity index (χ4n) is 3.66. The molecule has 1 N–H and O–H groups in total. The van der Waals surface area contributed by atoms with Crippen molar-refractivity contribution in [1.29, 1.82) is 0 Å². The second kappa shape index (κ2) is 10.7. The zero-order chi connectivity index (χ0) is 25.1. The minimum atomic E-state index is -0.209. The number of hydrogen-bond donors (Lipinski definition) is 1. The predicted molar refractivity (Wildman–Crippen MR) is 142 cm³/mol. The highest BCUT2D eigenvalue weighted by atomic mass is 35.5. The van der Waals surface area contributed by atoms with Crippen LogP contribution in [-0.2, 0) is 13.2 Å². The van der Waals surface area contributed by atoms with Crippen molar-refractivity contribution in [1.82, 2.24) is 9.78 Å². The molecule has 0 bridgehead atoms. The Bertz CT molecular complexity index is 1380.